The third-order valence-corrected chi connectivity index (χ3v) is 3.37. The van der Waals surface area contributed by atoms with Crippen molar-refractivity contribution in [2.45, 2.75) is 13.5 Å². The summed E-state index contributed by atoms with van der Waals surface area (Å²) in [5.41, 5.74) is 1.67. The minimum atomic E-state index is -0.195. The summed E-state index contributed by atoms with van der Waals surface area (Å²) in [4.78, 5) is 12.8. The van der Waals surface area contributed by atoms with Gasteiger partial charge in [-0.25, -0.2) is 4.39 Å². The molecule has 0 radical (unpaired) electrons. The zero-order valence-corrected chi connectivity index (χ0v) is 12.3. The van der Waals surface area contributed by atoms with Gasteiger partial charge in [-0.2, -0.15) is 0 Å². The molecule has 2 N–H and O–H groups in total. The van der Waals surface area contributed by atoms with Crippen LogP contribution in [0.2, 0.25) is 0 Å². The maximum absolute atomic E-state index is 13.9. The first-order valence-electron chi connectivity index (χ1n) is 7.23. The van der Waals surface area contributed by atoms with E-state index < -0.39 is 0 Å². The summed E-state index contributed by atoms with van der Waals surface area (Å²) in [7, 11) is 0. The van der Waals surface area contributed by atoms with E-state index in [-0.39, 0.29) is 11.7 Å². The average molecular weight is 295 g/mol. The first-order valence-corrected chi connectivity index (χ1v) is 7.23. The molecule has 0 aromatic heterocycles. The highest BCUT2D eigenvalue weighted by Crippen LogP contribution is 2.22. The molecule has 1 fully saturated rings. The van der Waals surface area contributed by atoms with Gasteiger partial charge in [-0.1, -0.05) is 6.07 Å². The molecule has 5 nitrogen and oxygen atoms in total. The van der Waals surface area contributed by atoms with E-state index >= 15 is 0 Å². The van der Waals surface area contributed by atoms with E-state index in [1.165, 1.54) is 13.0 Å². The minimum absolute atomic E-state index is 0.0341. The number of ether oxygens (including phenoxy) is 1. The summed E-state index contributed by atoms with van der Waals surface area (Å²) in [6, 6.07) is 5.17. The van der Waals surface area contributed by atoms with E-state index in [4.69, 9.17) is 4.74 Å². The standard InChI is InChI=1S/C15H22FN3O2/c1-12(20)18-5-4-17-11-13-2-3-14(16)15(10-13)19-6-8-21-9-7-19/h2-3,10,17H,4-9,11H2,1H3,(H,18,20). The van der Waals surface area contributed by atoms with Crippen molar-refractivity contribution in [1.29, 1.82) is 0 Å². The van der Waals surface area contributed by atoms with Gasteiger partial charge in [0.2, 0.25) is 5.91 Å². The molecule has 0 bridgehead atoms. The average Bonchev–Trinajstić information content (AvgIpc) is 2.49. The van der Waals surface area contributed by atoms with Crippen LogP contribution in [0.4, 0.5) is 10.1 Å². The number of morpholine rings is 1. The first-order chi connectivity index (χ1) is 10.2. The smallest absolute Gasteiger partial charge is 0.216 e. The lowest BCUT2D eigenvalue weighted by molar-refractivity contribution is -0.118. The SMILES string of the molecule is CC(=O)NCCNCc1ccc(F)c(N2CCOCC2)c1. The Morgan fingerprint density at radius 3 is 2.81 bits per heavy atom. The van der Waals surface area contributed by atoms with E-state index in [1.54, 1.807) is 6.07 Å². The van der Waals surface area contributed by atoms with Crippen LogP contribution in [-0.2, 0) is 16.1 Å². The lowest BCUT2D eigenvalue weighted by Gasteiger charge is -2.29. The van der Waals surface area contributed by atoms with Crippen molar-refractivity contribution in [3.8, 4) is 0 Å². The highest BCUT2D eigenvalue weighted by Gasteiger charge is 2.15. The van der Waals surface area contributed by atoms with Gasteiger partial charge in [-0.05, 0) is 17.7 Å². The van der Waals surface area contributed by atoms with Gasteiger partial charge >= 0.3 is 0 Å². The van der Waals surface area contributed by atoms with Crippen LogP contribution in [0.1, 0.15) is 12.5 Å². The molecule has 0 saturated carbocycles. The number of benzene rings is 1. The van der Waals surface area contributed by atoms with E-state index in [0.29, 0.717) is 38.5 Å². The fourth-order valence-electron chi connectivity index (χ4n) is 2.27. The number of amides is 1. The quantitative estimate of drug-likeness (QED) is 0.765. The first kappa shape index (κ1) is 15.7. The van der Waals surface area contributed by atoms with Crippen molar-refractivity contribution in [1.82, 2.24) is 10.6 Å². The van der Waals surface area contributed by atoms with Gasteiger partial charge in [0.05, 0.1) is 18.9 Å². The molecule has 0 atom stereocenters. The number of halogens is 1. The monoisotopic (exact) mass is 295 g/mol. The molecule has 1 saturated heterocycles. The van der Waals surface area contributed by atoms with E-state index in [1.807, 2.05) is 11.0 Å². The minimum Gasteiger partial charge on any atom is -0.378 e. The number of carbonyl (C=O) groups excluding carboxylic acids is 1. The summed E-state index contributed by atoms with van der Waals surface area (Å²) >= 11 is 0. The molecule has 1 aromatic carbocycles. The van der Waals surface area contributed by atoms with Crippen LogP contribution in [0.25, 0.3) is 0 Å². The molecule has 1 heterocycles. The van der Waals surface area contributed by atoms with Crippen LogP contribution in [0, 0.1) is 5.82 Å². The van der Waals surface area contributed by atoms with Crippen molar-refractivity contribution >= 4 is 11.6 Å². The maximum Gasteiger partial charge on any atom is 0.216 e. The topological polar surface area (TPSA) is 53.6 Å². The Labute approximate surface area is 124 Å². The second-order valence-electron chi connectivity index (χ2n) is 5.04. The third-order valence-electron chi connectivity index (χ3n) is 3.37. The van der Waals surface area contributed by atoms with Gasteiger partial charge in [-0.15, -0.1) is 0 Å². The number of carbonyl (C=O) groups is 1. The summed E-state index contributed by atoms with van der Waals surface area (Å²) in [5, 5.41) is 5.95. The van der Waals surface area contributed by atoms with Crippen LogP contribution < -0.4 is 15.5 Å². The zero-order chi connectivity index (χ0) is 15.1. The molecule has 1 aliphatic rings. The van der Waals surface area contributed by atoms with Gasteiger partial charge < -0.3 is 20.3 Å². The molecular weight excluding hydrogens is 273 g/mol. The number of nitrogens with zero attached hydrogens (tertiary/aromatic N) is 1. The highest BCUT2D eigenvalue weighted by molar-refractivity contribution is 5.72. The fourth-order valence-corrected chi connectivity index (χ4v) is 2.27. The van der Waals surface area contributed by atoms with Crippen LogP contribution >= 0.6 is 0 Å². The van der Waals surface area contributed by atoms with Crippen molar-refractivity contribution in [3.63, 3.8) is 0 Å². The Morgan fingerprint density at radius 1 is 1.33 bits per heavy atom. The largest absolute Gasteiger partial charge is 0.378 e. The third kappa shape index (κ3) is 4.99. The van der Waals surface area contributed by atoms with Crippen molar-refractivity contribution in [2.75, 3.05) is 44.3 Å². The van der Waals surface area contributed by atoms with Crippen LogP contribution in [0.5, 0.6) is 0 Å². The highest BCUT2D eigenvalue weighted by atomic mass is 19.1. The maximum atomic E-state index is 13.9. The second-order valence-corrected chi connectivity index (χ2v) is 5.04. The number of nitrogens with one attached hydrogen (secondary N) is 2. The van der Waals surface area contributed by atoms with Gasteiger partial charge in [-0.3, -0.25) is 4.79 Å². The van der Waals surface area contributed by atoms with E-state index in [2.05, 4.69) is 10.6 Å². The predicted octanol–water partition coefficient (Wildman–Crippen LogP) is 0.888. The molecule has 21 heavy (non-hydrogen) atoms. The van der Waals surface area contributed by atoms with Crippen LogP contribution in [0.15, 0.2) is 18.2 Å². The molecule has 1 aliphatic heterocycles. The molecule has 1 amide bonds. The fraction of sp³-hybridized carbons (Fsp3) is 0.533. The Morgan fingerprint density at radius 2 is 2.10 bits per heavy atom. The Kier molecular flexibility index (Phi) is 5.95. The zero-order valence-electron chi connectivity index (χ0n) is 12.3. The van der Waals surface area contributed by atoms with Crippen molar-refractivity contribution in [3.05, 3.63) is 29.6 Å². The van der Waals surface area contributed by atoms with Crippen LogP contribution in [-0.4, -0.2) is 45.3 Å². The predicted molar refractivity (Wildman–Crippen MR) is 79.8 cm³/mol. The Balaban J connectivity index is 1.87. The van der Waals surface area contributed by atoms with E-state index in [9.17, 15) is 9.18 Å². The van der Waals surface area contributed by atoms with Crippen molar-refractivity contribution < 1.29 is 13.9 Å². The van der Waals surface area contributed by atoms with Gasteiger partial charge in [0.15, 0.2) is 0 Å². The number of hydrogen-bond donors (Lipinski definition) is 2. The van der Waals surface area contributed by atoms with Gasteiger partial charge in [0, 0.05) is 39.6 Å². The normalized spacial score (nSPS) is 15.0. The lowest BCUT2D eigenvalue weighted by Crippen LogP contribution is -2.36. The Hall–Kier alpha value is -1.66. The van der Waals surface area contributed by atoms with Gasteiger partial charge in [0.25, 0.3) is 0 Å². The van der Waals surface area contributed by atoms with Gasteiger partial charge in [0.1, 0.15) is 5.82 Å². The summed E-state index contributed by atoms with van der Waals surface area (Å²) in [6.07, 6.45) is 0. The lowest BCUT2D eigenvalue weighted by atomic mass is 10.1. The van der Waals surface area contributed by atoms with Crippen LogP contribution in [0.3, 0.4) is 0 Å². The molecule has 1 aromatic rings. The molecule has 0 aliphatic carbocycles. The number of rotatable bonds is 6. The molecule has 0 spiro atoms. The number of anilines is 1. The molecule has 116 valence electrons. The molecular formula is C15H22FN3O2. The van der Waals surface area contributed by atoms with Crippen molar-refractivity contribution in [2.24, 2.45) is 0 Å². The summed E-state index contributed by atoms with van der Waals surface area (Å²) < 4.78 is 19.2. The molecule has 6 heteroatoms. The van der Waals surface area contributed by atoms with E-state index in [0.717, 1.165) is 18.7 Å². The molecule has 0 unspecified atom stereocenters. The summed E-state index contributed by atoms with van der Waals surface area (Å²) in [6.45, 7) is 6.13. The molecule has 2 rings (SSSR count). The second kappa shape index (κ2) is 7.95. The number of hydrogen-bond acceptors (Lipinski definition) is 4. The summed E-state index contributed by atoms with van der Waals surface area (Å²) in [5.74, 6) is -0.230. The Bertz CT molecular complexity index is 476.